The number of carbonyl (C=O) groups excluding carboxylic acids is 1. The molecular weight excluding hydrogens is 230 g/mol. The molecule has 104 valence electrons. The number of nitrogens with zero attached hydrogens (tertiary/aromatic N) is 3. The van der Waals surface area contributed by atoms with Gasteiger partial charge in [0.2, 0.25) is 0 Å². The van der Waals surface area contributed by atoms with Crippen LogP contribution >= 0.6 is 0 Å². The molecule has 2 aliphatic heterocycles. The number of carbonyl (C=O) groups is 1. The van der Waals surface area contributed by atoms with Gasteiger partial charge in [0.15, 0.2) is 0 Å². The lowest BCUT2D eigenvalue weighted by molar-refractivity contribution is 0.0208. The molecule has 18 heavy (non-hydrogen) atoms. The maximum absolute atomic E-state index is 12.2. The first kappa shape index (κ1) is 13.6. The highest BCUT2D eigenvalue weighted by Crippen LogP contribution is 2.13. The first-order chi connectivity index (χ1) is 8.46. The summed E-state index contributed by atoms with van der Waals surface area (Å²) in [6.07, 6.45) is 2.29. The number of β-amino-alcohol motifs (C(OH)–C–C–N with tert-alkyl or cyclic N) is 1. The van der Waals surface area contributed by atoms with E-state index in [0.29, 0.717) is 6.54 Å². The van der Waals surface area contributed by atoms with Crippen LogP contribution in [0.25, 0.3) is 0 Å². The van der Waals surface area contributed by atoms with Crippen molar-refractivity contribution < 1.29 is 9.90 Å². The van der Waals surface area contributed by atoms with Gasteiger partial charge in [0.05, 0.1) is 5.60 Å². The smallest absolute Gasteiger partial charge is 0.320 e. The third kappa shape index (κ3) is 3.59. The summed E-state index contributed by atoms with van der Waals surface area (Å²) in [7, 11) is 0. The standard InChI is InChI=1S/C13H25N3O2/c1-13(2,18)11-14-7-9-16(10-8-14)12(17)15-5-3-4-6-15/h18H,3-11H2,1-2H3. The van der Waals surface area contributed by atoms with Crippen molar-refractivity contribution in [3.63, 3.8) is 0 Å². The van der Waals surface area contributed by atoms with E-state index >= 15 is 0 Å². The summed E-state index contributed by atoms with van der Waals surface area (Å²) >= 11 is 0. The van der Waals surface area contributed by atoms with Crippen LogP contribution in [-0.2, 0) is 0 Å². The molecule has 2 fully saturated rings. The van der Waals surface area contributed by atoms with Gasteiger partial charge in [-0.1, -0.05) is 0 Å². The van der Waals surface area contributed by atoms with Gasteiger partial charge in [0.25, 0.3) is 0 Å². The molecule has 0 radical (unpaired) electrons. The fraction of sp³-hybridized carbons (Fsp3) is 0.923. The largest absolute Gasteiger partial charge is 0.389 e. The molecule has 0 unspecified atom stereocenters. The Morgan fingerprint density at radius 1 is 1.00 bits per heavy atom. The average Bonchev–Trinajstić information content (AvgIpc) is 2.80. The zero-order chi connectivity index (χ0) is 13.2. The highest BCUT2D eigenvalue weighted by atomic mass is 16.3. The lowest BCUT2D eigenvalue weighted by Gasteiger charge is -2.38. The molecule has 0 aliphatic carbocycles. The van der Waals surface area contributed by atoms with Crippen LogP contribution in [-0.4, -0.2) is 77.3 Å². The second-order valence-corrected chi connectivity index (χ2v) is 6.05. The van der Waals surface area contributed by atoms with Gasteiger partial charge in [-0.05, 0) is 26.7 Å². The van der Waals surface area contributed by atoms with Crippen molar-refractivity contribution in [3.8, 4) is 0 Å². The number of aliphatic hydroxyl groups is 1. The monoisotopic (exact) mass is 255 g/mol. The van der Waals surface area contributed by atoms with E-state index in [0.717, 1.165) is 52.1 Å². The molecule has 2 aliphatic rings. The highest BCUT2D eigenvalue weighted by Gasteiger charge is 2.28. The van der Waals surface area contributed by atoms with Crippen molar-refractivity contribution >= 4 is 6.03 Å². The topological polar surface area (TPSA) is 47.0 Å². The number of urea groups is 1. The fourth-order valence-corrected chi connectivity index (χ4v) is 2.75. The first-order valence-electron chi connectivity index (χ1n) is 6.94. The van der Waals surface area contributed by atoms with Crippen LogP contribution in [0.2, 0.25) is 0 Å². The normalized spacial score (nSPS) is 22.6. The van der Waals surface area contributed by atoms with Crippen LogP contribution in [0.3, 0.4) is 0 Å². The van der Waals surface area contributed by atoms with Crippen molar-refractivity contribution in [2.75, 3.05) is 45.8 Å². The molecule has 0 aromatic rings. The number of likely N-dealkylation sites (tertiary alicyclic amines) is 1. The van der Waals surface area contributed by atoms with Crippen LogP contribution in [0.15, 0.2) is 0 Å². The van der Waals surface area contributed by atoms with Crippen molar-refractivity contribution in [3.05, 3.63) is 0 Å². The van der Waals surface area contributed by atoms with Crippen molar-refractivity contribution in [1.29, 1.82) is 0 Å². The molecule has 0 spiro atoms. The van der Waals surface area contributed by atoms with Gasteiger partial charge >= 0.3 is 6.03 Å². The predicted octanol–water partition coefficient (Wildman–Crippen LogP) is 0.591. The molecule has 0 bridgehead atoms. The molecule has 5 heteroatoms. The second kappa shape index (κ2) is 5.45. The quantitative estimate of drug-likeness (QED) is 0.785. The van der Waals surface area contributed by atoms with E-state index in [9.17, 15) is 9.90 Å². The molecule has 2 amide bonds. The van der Waals surface area contributed by atoms with Gasteiger partial charge in [0.1, 0.15) is 0 Å². The Morgan fingerprint density at radius 2 is 1.50 bits per heavy atom. The van der Waals surface area contributed by atoms with Crippen LogP contribution in [0.1, 0.15) is 26.7 Å². The summed E-state index contributed by atoms with van der Waals surface area (Å²) in [4.78, 5) is 18.3. The van der Waals surface area contributed by atoms with E-state index in [-0.39, 0.29) is 6.03 Å². The van der Waals surface area contributed by atoms with Gasteiger partial charge < -0.3 is 14.9 Å². The summed E-state index contributed by atoms with van der Waals surface area (Å²) in [6, 6.07) is 0.204. The van der Waals surface area contributed by atoms with E-state index in [2.05, 4.69) is 4.90 Å². The summed E-state index contributed by atoms with van der Waals surface area (Å²) in [6.45, 7) is 9.47. The molecule has 0 aromatic heterocycles. The maximum Gasteiger partial charge on any atom is 0.320 e. The van der Waals surface area contributed by atoms with E-state index in [4.69, 9.17) is 0 Å². The van der Waals surface area contributed by atoms with Gasteiger partial charge in [-0.2, -0.15) is 0 Å². The molecule has 2 heterocycles. The SMILES string of the molecule is CC(C)(O)CN1CCN(C(=O)N2CCCC2)CC1. The van der Waals surface area contributed by atoms with E-state index in [1.165, 1.54) is 0 Å². The van der Waals surface area contributed by atoms with Crippen molar-refractivity contribution in [2.45, 2.75) is 32.3 Å². The molecule has 2 rings (SSSR count). The third-order valence-corrected chi connectivity index (χ3v) is 3.63. The van der Waals surface area contributed by atoms with E-state index < -0.39 is 5.60 Å². The minimum absolute atomic E-state index is 0.204. The average molecular weight is 255 g/mol. The molecule has 2 saturated heterocycles. The summed E-state index contributed by atoms with van der Waals surface area (Å²) in [5, 5.41) is 9.79. The molecule has 1 N–H and O–H groups in total. The van der Waals surface area contributed by atoms with E-state index in [1.54, 1.807) is 0 Å². The van der Waals surface area contributed by atoms with Gasteiger partial charge in [-0.15, -0.1) is 0 Å². The summed E-state index contributed by atoms with van der Waals surface area (Å²) in [5.74, 6) is 0. The number of piperazine rings is 1. The molecule has 0 saturated carbocycles. The predicted molar refractivity (Wildman–Crippen MR) is 70.5 cm³/mol. The Balaban J connectivity index is 1.77. The zero-order valence-electron chi connectivity index (χ0n) is 11.6. The summed E-state index contributed by atoms with van der Waals surface area (Å²) < 4.78 is 0. The minimum Gasteiger partial charge on any atom is -0.389 e. The van der Waals surface area contributed by atoms with Gasteiger partial charge in [-0.25, -0.2) is 4.79 Å². The number of rotatable bonds is 2. The number of hydrogen-bond acceptors (Lipinski definition) is 3. The van der Waals surface area contributed by atoms with Crippen molar-refractivity contribution in [1.82, 2.24) is 14.7 Å². The minimum atomic E-state index is -0.652. The lowest BCUT2D eigenvalue weighted by atomic mass is 10.1. The van der Waals surface area contributed by atoms with Crippen LogP contribution in [0.5, 0.6) is 0 Å². The molecule has 0 aromatic carbocycles. The van der Waals surface area contributed by atoms with E-state index in [1.807, 2.05) is 23.6 Å². The van der Waals surface area contributed by atoms with Gasteiger partial charge in [0, 0.05) is 45.8 Å². The number of amides is 2. The van der Waals surface area contributed by atoms with Crippen LogP contribution in [0, 0.1) is 0 Å². The summed E-state index contributed by atoms with van der Waals surface area (Å²) in [5.41, 5.74) is -0.652. The molecular formula is C13H25N3O2. The van der Waals surface area contributed by atoms with Crippen LogP contribution < -0.4 is 0 Å². The Bertz CT molecular complexity index is 287. The first-order valence-corrected chi connectivity index (χ1v) is 6.94. The fourth-order valence-electron chi connectivity index (χ4n) is 2.75. The molecule has 5 nitrogen and oxygen atoms in total. The molecule has 0 atom stereocenters. The Morgan fingerprint density at radius 3 is 2.00 bits per heavy atom. The third-order valence-electron chi connectivity index (χ3n) is 3.63. The maximum atomic E-state index is 12.2. The Hall–Kier alpha value is -0.810. The Labute approximate surface area is 109 Å². The van der Waals surface area contributed by atoms with Crippen LogP contribution in [0.4, 0.5) is 4.79 Å². The second-order valence-electron chi connectivity index (χ2n) is 6.05. The zero-order valence-corrected chi connectivity index (χ0v) is 11.6. The van der Waals surface area contributed by atoms with Gasteiger partial charge in [-0.3, -0.25) is 4.90 Å². The number of hydrogen-bond donors (Lipinski definition) is 1. The lowest BCUT2D eigenvalue weighted by Crippen LogP contribution is -2.54. The highest BCUT2D eigenvalue weighted by molar-refractivity contribution is 5.74. The van der Waals surface area contributed by atoms with Crippen molar-refractivity contribution in [2.24, 2.45) is 0 Å². The Kier molecular flexibility index (Phi) is 4.12.